The molecule has 11 heteroatoms. The fourth-order valence-electron chi connectivity index (χ4n) is 7.60. The number of nitrogens with one attached hydrogen (secondary N) is 1. The average molecular weight is 624 g/mol. The molecule has 0 saturated carbocycles. The van der Waals surface area contributed by atoms with Crippen molar-refractivity contribution in [2.45, 2.75) is 56.3 Å². The summed E-state index contributed by atoms with van der Waals surface area (Å²) >= 11 is 12.8. The highest BCUT2D eigenvalue weighted by molar-refractivity contribution is 6.31. The third kappa shape index (κ3) is 4.13. The number of anilines is 1. The summed E-state index contributed by atoms with van der Waals surface area (Å²) in [5.74, 6) is -2.38. The first-order valence-electron chi connectivity index (χ1n) is 14.3. The number of rotatable bonds is 6. The molecule has 2 N–H and O–H groups in total. The van der Waals surface area contributed by atoms with Crippen molar-refractivity contribution in [3.8, 4) is 0 Å². The van der Waals surface area contributed by atoms with E-state index in [1.54, 1.807) is 42.5 Å². The number of likely N-dealkylation sites (tertiary alicyclic amines) is 1. The Bertz CT molecular complexity index is 1810. The predicted octanol–water partition coefficient (Wildman–Crippen LogP) is 6.41. The van der Waals surface area contributed by atoms with Crippen molar-refractivity contribution in [2.24, 2.45) is 0 Å². The Hall–Kier alpha value is -3.50. The number of ether oxygens (including phenoxy) is 1. The van der Waals surface area contributed by atoms with Gasteiger partial charge in [0, 0.05) is 47.2 Å². The number of hydrogen-bond acceptors (Lipinski definition) is 5. The van der Waals surface area contributed by atoms with Crippen LogP contribution in [0.5, 0.6) is 0 Å². The number of fused-ring (bicyclic) bond motifs is 7. The van der Waals surface area contributed by atoms with Crippen molar-refractivity contribution < 1.29 is 23.8 Å². The van der Waals surface area contributed by atoms with Crippen LogP contribution in [0.4, 0.5) is 10.1 Å². The second-order valence-electron chi connectivity index (χ2n) is 11.7. The van der Waals surface area contributed by atoms with Crippen LogP contribution >= 0.6 is 23.2 Å². The monoisotopic (exact) mass is 622 g/mol. The molecule has 1 fully saturated rings. The number of imidazole rings is 1. The number of carbonyl (C=O) groups excluding carboxylic acids is 1. The molecule has 222 valence electrons. The Morgan fingerprint density at radius 3 is 2.79 bits per heavy atom. The lowest BCUT2D eigenvalue weighted by Gasteiger charge is -2.40. The van der Waals surface area contributed by atoms with Crippen LogP contribution in [0.2, 0.25) is 10.0 Å². The minimum absolute atomic E-state index is 0.0157. The van der Waals surface area contributed by atoms with Gasteiger partial charge in [-0.05, 0) is 62.2 Å². The molecular weight excluding hydrogens is 594 g/mol. The SMILES string of the molecule is CC(C)OCCN1[C@H]2CCn3c(nc4cc(C(=O)O)ccc43)[C@H]2[C@H](c2cccc(Cl)c2F)[C@]12C(=O)Nc1cc(Cl)ccc12. The standard InChI is InChI=1S/C32H29Cl2FN4O4/c1-16(2)43-13-12-39-25-10-11-38-24-9-6-17(30(40)41)14-23(24)36-29(38)26(25)27(19-4-3-5-21(34)28(19)35)32(39)20-8-7-18(33)15-22(20)37-31(32)42/h3-9,14-16,25-27H,10-13H2,1-2H3,(H,37,42)(H,40,41)/t25-,26+,27-,32+/m0/s1. The normalized spacial score (nSPS) is 24.4. The molecule has 1 amide bonds. The maximum Gasteiger partial charge on any atom is 0.335 e. The number of carboxylic acids is 1. The van der Waals surface area contributed by atoms with Crippen LogP contribution in [0.1, 0.15) is 59.4 Å². The third-order valence-corrected chi connectivity index (χ3v) is 9.66. The van der Waals surface area contributed by atoms with Crippen molar-refractivity contribution in [3.63, 3.8) is 0 Å². The second-order valence-corrected chi connectivity index (χ2v) is 12.5. The highest BCUT2D eigenvalue weighted by Gasteiger charge is 2.68. The Balaban J connectivity index is 1.51. The smallest absolute Gasteiger partial charge is 0.335 e. The lowest BCUT2D eigenvalue weighted by Crippen LogP contribution is -2.53. The highest BCUT2D eigenvalue weighted by atomic mass is 35.5. The zero-order valence-corrected chi connectivity index (χ0v) is 25.0. The molecule has 0 radical (unpaired) electrons. The van der Waals surface area contributed by atoms with E-state index in [1.807, 2.05) is 19.9 Å². The maximum atomic E-state index is 16.2. The van der Waals surface area contributed by atoms with Crippen LogP contribution < -0.4 is 5.32 Å². The van der Waals surface area contributed by atoms with Gasteiger partial charge < -0.3 is 19.7 Å². The first-order chi connectivity index (χ1) is 20.6. The van der Waals surface area contributed by atoms with E-state index in [1.165, 1.54) is 6.07 Å². The molecule has 0 aliphatic carbocycles. The quantitative estimate of drug-likeness (QED) is 0.258. The fraction of sp³-hybridized carbons (Fsp3) is 0.344. The van der Waals surface area contributed by atoms with Crippen molar-refractivity contribution in [2.75, 3.05) is 18.5 Å². The van der Waals surface area contributed by atoms with E-state index >= 15 is 4.39 Å². The molecule has 8 nitrogen and oxygen atoms in total. The zero-order chi connectivity index (χ0) is 30.2. The number of aromatic nitrogens is 2. The minimum atomic E-state index is -1.32. The number of halogens is 3. The van der Waals surface area contributed by atoms with Gasteiger partial charge in [-0.2, -0.15) is 0 Å². The molecule has 0 unspecified atom stereocenters. The third-order valence-electron chi connectivity index (χ3n) is 9.13. The van der Waals surface area contributed by atoms with E-state index < -0.39 is 29.2 Å². The van der Waals surface area contributed by atoms with Crippen molar-refractivity contribution >= 4 is 51.8 Å². The average Bonchev–Trinajstić information content (AvgIpc) is 3.57. The van der Waals surface area contributed by atoms with E-state index in [0.717, 1.165) is 5.52 Å². The molecule has 1 spiro atoms. The van der Waals surface area contributed by atoms with Gasteiger partial charge in [-0.25, -0.2) is 14.2 Å². The number of aromatic carboxylic acids is 1. The van der Waals surface area contributed by atoms with Crippen LogP contribution in [-0.4, -0.2) is 56.7 Å². The van der Waals surface area contributed by atoms with Crippen LogP contribution in [0.3, 0.4) is 0 Å². The summed E-state index contributed by atoms with van der Waals surface area (Å²) < 4.78 is 24.3. The topological polar surface area (TPSA) is 96.7 Å². The number of benzene rings is 3. The van der Waals surface area contributed by atoms with E-state index in [0.29, 0.717) is 59.3 Å². The van der Waals surface area contributed by atoms with Gasteiger partial charge in [-0.15, -0.1) is 0 Å². The first kappa shape index (κ1) is 28.3. The fourth-order valence-corrected chi connectivity index (χ4v) is 7.95. The van der Waals surface area contributed by atoms with Gasteiger partial charge >= 0.3 is 5.97 Å². The van der Waals surface area contributed by atoms with Gasteiger partial charge in [-0.1, -0.05) is 41.4 Å². The van der Waals surface area contributed by atoms with Gasteiger partial charge in [0.05, 0.1) is 34.3 Å². The van der Waals surface area contributed by atoms with Gasteiger partial charge in [0.25, 0.3) is 0 Å². The van der Waals surface area contributed by atoms with E-state index in [4.69, 9.17) is 32.9 Å². The molecule has 3 aliphatic heterocycles. The van der Waals surface area contributed by atoms with Crippen LogP contribution in [-0.2, 0) is 21.6 Å². The van der Waals surface area contributed by atoms with Crippen LogP contribution in [0.15, 0.2) is 54.6 Å². The van der Waals surface area contributed by atoms with Crippen LogP contribution in [0.25, 0.3) is 11.0 Å². The lowest BCUT2D eigenvalue weighted by molar-refractivity contribution is -0.128. The summed E-state index contributed by atoms with van der Waals surface area (Å²) in [6.07, 6.45) is 0.639. The molecule has 1 saturated heterocycles. The highest BCUT2D eigenvalue weighted by Crippen LogP contribution is 2.64. The molecule has 7 rings (SSSR count). The molecule has 4 atom stereocenters. The summed E-state index contributed by atoms with van der Waals surface area (Å²) in [5, 5.41) is 13.1. The van der Waals surface area contributed by atoms with Gasteiger partial charge in [-0.3, -0.25) is 9.69 Å². The number of aryl methyl sites for hydroxylation is 1. The predicted molar refractivity (Wildman–Crippen MR) is 162 cm³/mol. The summed E-state index contributed by atoms with van der Waals surface area (Å²) in [7, 11) is 0. The van der Waals surface area contributed by atoms with Crippen molar-refractivity contribution in [3.05, 3.63) is 93.0 Å². The number of carboxylic acid groups (broad SMARTS) is 1. The number of carbonyl (C=O) groups is 2. The number of hydrogen-bond donors (Lipinski definition) is 2. The van der Waals surface area contributed by atoms with E-state index in [2.05, 4.69) is 14.8 Å². The van der Waals surface area contributed by atoms with Gasteiger partial charge in [0.15, 0.2) is 0 Å². The van der Waals surface area contributed by atoms with E-state index in [9.17, 15) is 14.7 Å². The first-order valence-corrected chi connectivity index (χ1v) is 15.1. The Labute approximate surface area is 257 Å². The Morgan fingerprint density at radius 2 is 2.02 bits per heavy atom. The maximum absolute atomic E-state index is 16.2. The minimum Gasteiger partial charge on any atom is -0.478 e. The molecule has 4 heterocycles. The van der Waals surface area contributed by atoms with Gasteiger partial charge in [0.1, 0.15) is 17.2 Å². The summed E-state index contributed by atoms with van der Waals surface area (Å²) in [6, 6.07) is 14.9. The molecule has 43 heavy (non-hydrogen) atoms. The number of nitrogens with zero attached hydrogens (tertiary/aromatic N) is 3. The largest absolute Gasteiger partial charge is 0.478 e. The molecule has 1 aromatic heterocycles. The van der Waals surface area contributed by atoms with Crippen molar-refractivity contribution in [1.29, 1.82) is 0 Å². The number of amides is 1. The summed E-state index contributed by atoms with van der Waals surface area (Å²) in [5.41, 5.74) is 1.76. The molecular formula is C32H29Cl2FN4O4. The molecule has 3 aliphatic rings. The lowest BCUT2D eigenvalue weighted by atomic mass is 9.70. The summed E-state index contributed by atoms with van der Waals surface area (Å²) in [6.45, 7) is 5.29. The molecule has 0 bridgehead atoms. The zero-order valence-electron chi connectivity index (χ0n) is 23.5. The summed E-state index contributed by atoms with van der Waals surface area (Å²) in [4.78, 5) is 33.4. The van der Waals surface area contributed by atoms with Crippen LogP contribution in [0, 0.1) is 5.82 Å². The van der Waals surface area contributed by atoms with Crippen molar-refractivity contribution in [1.82, 2.24) is 14.5 Å². The van der Waals surface area contributed by atoms with Gasteiger partial charge in [0.2, 0.25) is 5.91 Å². The molecule has 4 aromatic rings. The Kier molecular flexibility index (Phi) is 6.77. The molecule has 3 aromatic carbocycles. The Morgan fingerprint density at radius 1 is 1.21 bits per heavy atom. The second kappa shape index (κ2) is 10.3. The van der Waals surface area contributed by atoms with E-state index in [-0.39, 0.29) is 28.6 Å².